The fourth-order valence-corrected chi connectivity index (χ4v) is 2.29. The van der Waals surface area contributed by atoms with Gasteiger partial charge in [0.25, 0.3) is 0 Å². The van der Waals surface area contributed by atoms with Crippen LogP contribution >= 0.6 is 0 Å². The summed E-state index contributed by atoms with van der Waals surface area (Å²) in [6, 6.07) is 0. The lowest BCUT2D eigenvalue weighted by molar-refractivity contribution is -0.131. The van der Waals surface area contributed by atoms with Crippen LogP contribution < -0.4 is 0 Å². The first-order valence-corrected chi connectivity index (χ1v) is 5.82. The Hall–Kier alpha value is -0.720. The maximum absolute atomic E-state index is 11.4. The predicted molar refractivity (Wildman–Crippen MR) is 50.9 cm³/mol. The van der Waals surface area contributed by atoms with Crippen LogP contribution in [0.1, 0.15) is 13.3 Å². The molecule has 1 atom stereocenters. The number of carbonyl (C=O) groups excluding carboxylic acids is 1. The van der Waals surface area contributed by atoms with Gasteiger partial charge < -0.3 is 4.74 Å². The molecule has 5 nitrogen and oxygen atoms in total. The van der Waals surface area contributed by atoms with Gasteiger partial charge in [0.2, 0.25) is 10.0 Å². The van der Waals surface area contributed by atoms with Crippen LogP contribution in [-0.2, 0) is 19.6 Å². The average Bonchev–Trinajstić information content (AvgIpc) is 2.50. The van der Waals surface area contributed by atoms with Gasteiger partial charge in [-0.05, 0) is 6.92 Å². The van der Waals surface area contributed by atoms with E-state index in [1.807, 2.05) is 0 Å². The van der Waals surface area contributed by atoms with E-state index in [0.29, 0.717) is 6.61 Å². The van der Waals surface area contributed by atoms with Gasteiger partial charge in [-0.1, -0.05) is 6.58 Å². The third-order valence-electron chi connectivity index (χ3n) is 1.98. The second-order valence-corrected chi connectivity index (χ2v) is 4.68. The number of ether oxygens (including phenoxy) is 1. The molecule has 1 unspecified atom stereocenters. The molecule has 0 aliphatic carbocycles. The molecule has 0 aromatic carbocycles. The Kier molecular flexibility index (Phi) is 3.41. The minimum Gasteiger partial charge on any atom is -0.355 e. The van der Waals surface area contributed by atoms with Crippen LogP contribution in [0.4, 0.5) is 0 Å². The van der Waals surface area contributed by atoms with Crippen LogP contribution in [0.25, 0.3) is 0 Å². The third kappa shape index (κ3) is 2.02. The molecule has 0 N–H and O–H groups in total. The lowest BCUT2D eigenvalue weighted by Gasteiger charge is -2.20. The first-order valence-electron chi connectivity index (χ1n) is 4.31. The van der Waals surface area contributed by atoms with Gasteiger partial charge in [-0.2, -0.15) is 4.31 Å². The molecule has 0 spiro atoms. The Morgan fingerprint density at radius 2 is 2.36 bits per heavy atom. The van der Waals surface area contributed by atoms with Gasteiger partial charge >= 0.3 is 0 Å². The highest BCUT2D eigenvalue weighted by molar-refractivity contribution is 7.92. The van der Waals surface area contributed by atoms with Gasteiger partial charge in [0.15, 0.2) is 12.0 Å². The van der Waals surface area contributed by atoms with Gasteiger partial charge in [-0.15, -0.1) is 0 Å². The summed E-state index contributed by atoms with van der Waals surface area (Å²) in [6.07, 6.45) is -0.749. The minimum atomic E-state index is -3.55. The van der Waals surface area contributed by atoms with Gasteiger partial charge in [0.05, 0.1) is 0 Å². The molecule has 0 aromatic heterocycles. The number of sulfonamides is 1. The van der Waals surface area contributed by atoms with E-state index in [-0.39, 0.29) is 18.7 Å². The smallest absolute Gasteiger partial charge is 0.238 e. The van der Waals surface area contributed by atoms with E-state index in [1.165, 1.54) is 0 Å². The van der Waals surface area contributed by atoms with Crippen molar-refractivity contribution in [2.45, 2.75) is 19.6 Å². The summed E-state index contributed by atoms with van der Waals surface area (Å²) in [6.45, 7) is 5.40. The molecule has 1 rings (SSSR count). The number of hydrogen-bond acceptors (Lipinski definition) is 4. The van der Waals surface area contributed by atoms with Crippen molar-refractivity contribution in [3.63, 3.8) is 0 Å². The van der Waals surface area contributed by atoms with Crippen molar-refractivity contribution in [2.24, 2.45) is 0 Å². The Balaban J connectivity index is 2.89. The maximum atomic E-state index is 11.4. The highest BCUT2D eigenvalue weighted by Gasteiger charge is 2.39. The zero-order valence-corrected chi connectivity index (χ0v) is 8.79. The monoisotopic (exact) mass is 219 g/mol. The fraction of sp³-hybridized carbons (Fsp3) is 0.625. The molecule has 1 fully saturated rings. The molecule has 1 heterocycles. The molecule has 80 valence electrons. The normalized spacial score (nSPS) is 24.1. The van der Waals surface area contributed by atoms with Crippen LogP contribution in [-0.4, -0.2) is 37.9 Å². The molecule has 0 bridgehead atoms. The van der Waals surface area contributed by atoms with Crippen LogP contribution in [0, 0.1) is 0 Å². The van der Waals surface area contributed by atoms with E-state index in [0.717, 1.165) is 9.71 Å². The maximum Gasteiger partial charge on any atom is 0.238 e. The van der Waals surface area contributed by atoms with E-state index in [1.54, 1.807) is 6.92 Å². The van der Waals surface area contributed by atoms with Gasteiger partial charge in [-0.3, -0.25) is 4.79 Å². The van der Waals surface area contributed by atoms with Crippen LogP contribution in [0.15, 0.2) is 12.0 Å². The summed E-state index contributed by atoms with van der Waals surface area (Å²) >= 11 is 0. The quantitative estimate of drug-likeness (QED) is 0.672. The van der Waals surface area contributed by atoms with Crippen molar-refractivity contribution in [3.8, 4) is 0 Å². The molecule has 0 amide bonds. The largest absolute Gasteiger partial charge is 0.355 e. The van der Waals surface area contributed by atoms with Gasteiger partial charge in [0, 0.05) is 25.0 Å². The number of carbonyl (C=O) groups is 1. The zero-order chi connectivity index (χ0) is 10.8. The van der Waals surface area contributed by atoms with Crippen LogP contribution in [0.2, 0.25) is 0 Å². The van der Waals surface area contributed by atoms with E-state index in [4.69, 9.17) is 4.74 Å². The molecule has 0 saturated carbocycles. The van der Waals surface area contributed by atoms with E-state index >= 15 is 0 Å². The van der Waals surface area contributed by atoms with E-state index in [9.17, 15) is 13.2 Å². The second-order valence-electron chi connectivity index (χ2n) is 2.85. The summed E-state index contributed by atoms with van der Waals surface area (Å²) in [7, 11) is -3.55. The lowest BCUT2D eigenvalue weighted by Crippen LogP contribution is -2.38. The number of Topliss-reactive ketones (excluding diaryl/α,β-unsaturated/α-hetero) is 1. The van der Waals surface area contributed by atoms with Gasteiger partial charge in [0.1, 0.15) is 0 Å². The standard InChI is InChI=1S/C8H13NO4S/c1-3-13-8-7(10)5-6-9(8)14(11,12)4-2/h4,8H,2-3,5-6H2,1H3. The van der Waals surface area contributed by atoms with Crippen molar-refractivity contribution in [1.29, 1.82) is 0 Å². The molecule has 1 saturated heterocycles. The Labute approximate surface area is 83.4 Å². The van der Waals surface area contributed by atoms with Crippen molar-refractivity contribution >= 4 is 15.8 Å². The second kappa shape index (κ2) is 4.20. The average molecular weight is 219 g/mol. The Morgan fingerprint density at radius 1 is 1.71 bits per heavy atom. The predicted octanol–water partition coefficient (Wildman–Crippen LogP) is 0.0971. The molecule has 14 heavy (non-hydrogen) atoms. The first-order chi connectivity index (χ1) is 6.53. The van der Waals surface area contributed by atoms with E-state index < -0.39 is 16.3 Å². The molecule has 6 heteroatoms. The first kappa shape index (κ1) is 11.4. The zero-order valence-electron chi connectivity index (χ0n) is 7.97. The molecular weight excluding hydrogens is 206 g/mol. The third-order valence-corrected chi connectivity index (χ3v) is 3.43. The fourth-order valence-electron chi connectivity index (χ4n) is 1.31. The summed E-state index contributed by atoms with van der Waals surface area (Å²) in [5.74, 6) is -0.197. The summed E-state index contributed by atoms with van der Waals surface area (Å²) < 4.78 is 28.9. The van der Waals surface area contributed by atoms with Crippen molar-refractivity contribution < 1.29 is 17.9 Å². The lowest BCUT2D eigenvalue weighted by atomic mass is 10.3. The highest BCUT2D eigenvalue weighted by Crippen LogP contribution is 2.19. The summed E-state index contributed by atoms with van der Waals surface area (Å²) in [5, 5.41) is 0.831. The van der Waals surface area contributed by atoms with E-state index in [2.05, 4.69) is 6.58 Å². The highest BCUT2D eigenvalue weighted by atomic mass is 32.2. The molecule has 1 aliphatic heterocycles. The SMILES string of the molecule is C=CS(=O)(=O)N1CCC(=O)C1OCC. The molecule has 1 aliphatic rings. The molecule has 0 radical (unpaired) electrons. The van der Waals surface area contributed by atoms with Crippen molar-refractivity contribution in [1.82, 2.24) is 4.31 Å². The van der Waals surface area contributed by atoms with Crippen molar-refractivity contribution in [2.75, 3.05) is 13.2 Å². The van der Waals surface area contributed by atoms with Crippen molar-refractivity contribution in [3.05, 3.63) is 12.0 Å². The molecule has 0 aromatic rings. The van der Waals surface area contributed by atoms with Gasteiger partial charge in [-0.25, -0.2) is 8.42 Å². The number of ketones is 1. The Morgan fingerprint density at radius 3 is 2.86 bits per heavy atom. The minimum absolute atomic E-state index is 0.178. The number of hydrogen-bond donors (Lipinski definition) is 0. The summed E-state index contributed by atoms with van der Waals surface area (Å²) in [5.41, 5.74) is 0. The molecular formula is C8H13NO4S. The van der Waals surface area contributed by atoms with Crippen LogP contribution in [0.5, 0.6) is 0 Å². The number of nitrogens with zero attached hydrogens (tertiary/aromatic N) is 1. The van der Waals surface area contributed by atoms with Crippen LogP contribution in [0.3, 0.4) is 0 Å². The topological polar surface area (TPSA) is 63.7 Å². The Bertz CT molecular complexity index is 335. The summed E-state index contributed by atoms with van der Waals surface area (Å²) in [4.78, 5) is 11.3. The number of rotatable bonds is 4.